The van der Waals surface area contributed by atoms with Gasteiger partial charge in [-0.15, -0.1) is 0 Å². The molecule has 1 aromatic rings. The van der Waals surface area contributed by atoms with E-state index in [1.165, 1.54) is 24.0 Å². The van der Waals surface area contributed by atoms with Crippen LogP contribution in [-0.2, 0) is 45.5 Å². The smallest absolute Gasteiger partial charge is 0.466 e. The number of allylic oxidation sites excluding steroid dienone is 8. The molecule has 0 aliphatic rings. The molecular weight excluding hydrogens is 745 g/mol. The van der Waals surface area contributed by atoms with Gasteiger partial charge in [0.1, 0.15) is 18.1 Å². The van der Waals surface area contributed by atoms with E-state index in [4.69, 9.17) is 28.7 Å². The predicted molar refractivity (Wildman–Crippen MR) is 229 cm³/mol. The summed E-state index contributed by atoms with van der Waals surface area (Å²) in [5, 5.41) is 10.0. The number of aliphatic hydroxyl groups excluding tert-OH is 1. The lowest BCUT2D eigenvalue weighted by molar-refractivity contribution is -0.161. The van der Waals surface area contributed by atoms with Crippen LogP contribution < -0.4 is 5.73 Å². The second-order valence-electron chi connectivity index (χ2n) is 14.3. The van der Waals surface area contributed by atoms with Crippen molar-refractivity contribution in [3.8, 4) is 0 Å². The largest absolute Gasteiger partial charge is 0.472 e. The van der Waals surface area contributed by atoms with Gasteiger partial charge in [0.25, 0.3) is 0 Å². The number of rotatable bonds is 35. The van der Waals surface area contributed by atoms with Crippen molar-refractivity contribution >= 4 is 19.8 Å². The summed E-state index contributed by atoms with van der Waals surface area (Å²) < 4.78 is 38.8. The third kappa shape index (κ3) is 28.1. The zero-order chi connectivity index (χ0) is 42.0. The Morgan fingerprint density at radius 3 is 2.09 bits per heavy atom. The lowest BCUT2D eigenvalue weighted by Gasteiger charge is -2.19. The summed E-state index contributed by atoms with van der Waals surface area (Å²) in [5.41, 5.74) is 7.95. The Morgan fingerprint density at radius 2 is 1.39 bits per heavy atom. The van der Waals surface area contributed by atoms with Crippen molar-refractivity contribution in [2.45, 2.75) is 162 Å². The summed E-state index contributed by atoms with van der Waals surface area (Å²) in [5.74, 6) is 1.31. The van der Waals surface area contributed by atoms with Crippen LogP contribution in [0.1, 0.15) is 146 Å². The molecule has 4 N–H and O–H groups in total. The van der Waals surface area contributed by atoms with Gasteiger partial charge in [-0.2, -0.15) is 0 Å². The van der Waals surface area contributed by atoms with Crippen LogP contribution in [0.15, 0.2) is 65.2 Å². The number of ether oxygens (including phenoxy) is 2. The van der Waals surface area contributed by atoms with E-state index in [0.29, 0.717) is 25.7 Å². The van der Waals surface area contributed by atoms with Gasteiger partial charge in [-0.25, -0.2) is 4.57 Å². The molecule has 11 nitrogen and oxygen atoms in total. The quantitative estimate of drug-likeness (QED) is 0.0196. The average Bonchev–Trinajstić information content (AvgIpc) is 3.45. The first kappa shape index (κ1) is 52.0. The molecule has 0 saturated heterocycles. The number of carbonyl (C=O) groups is 2. The second-order valence-corrected chi connectivity index (χ2v) is 15.7. The molecule has 0 amide bonds. The first-order valence-electron chi connectivity index (χ1n) is 21.2. The molecule has 324 valence electrons. The van der Waals surface area contributed by atoms with E-state index in [0.717, 1.165) is 82.1 Å². The van der Waals surface area contributed by atoms with E-state index in [-0.39, 0.29) is 32.6 Å². The van der Waals surface area contributed by atoms with Crippen molar-refractivity contribution in [1.29, 1.82) is 0 Å². The molecular formula is C45H74NO10P. The van der Waals surface area contributed by atoms with Gasteiger partial charge in [-0.1, -0.05) is 113 Å². The Hall–Kier alpha value is -3.05. The molecule has 0 aromatic carbocycles. The van der Waals surface area contributed by atoms with Crippen LogP contribution in [0.25, 0.3) is 0 Å². The molecule has 0 saturated carbocycles. The van der Waals surface area contributed by atoms with Crippen LogP contribution >= 0.6 is 7.82 Å². The van der Waals surface area contributed by atoms with E-state index < -0.39 is 38.6 Å². The van der Waals surface area contributed by atoms with E-state index in [1.54, 1.807) is 6.08 Å². The highest BCUT2D eigenvalue weighted by Gasteiger charge is 2.26. The standard InChI is InChI=1S/C45H74NO10P/c1-5-7-8-9-18-23-29-40(47)30-24-19-14-10-12-16-21-26-32-44(48)52-36-41(37-54-57(50,51)53-35-34-46)55-45(49)33-27-22-17-13-11-15-20-25-31-43-39(4)38(3)42(56-43)28-6-2/h7-8,12,14,16,18-19,23-24,30,40-41,47H,5-6,9-11,13,15,17,20-22,25-29,31-37,46H2,1-4H3,(H,50,51)/b8-7-,16-12-,19-14-,23-18-,30-24+/t40?,41-/m1/s1. The van der Waals surface area contributed by atoms with Gasteiger partial charge >= 0.3 is 19.8 Å². The number of carbonyl (C=O) groups excluding carboxylic acids is 2. The second kappa shape index (κ2) is 33.9. The van der Waals surface area contributed by atoms with Gasteiger partial charge < -0.3 is 29.6 Å². The van der Waals surface area contributed by atoms with Crippen LogP contribution in [0.3, 0.4) is 0 Å². The zero-order valence-corrected chi connectivity index (χ0v) is 36.3. The Kier molecular flexibility index (Phi) is 30.9. The molecule has 1 aromatic heterocycles. The minimum absolute atomic E-state index is 0.0272. The molecule has 2 unspecified atom stereocenters. The van der Waals surface area contributed by atoms with Gasteiger partial charge in [0, 0.05) is 32.2 Å². The van der Waals surface area contributed by atoms with Crippen LogP contribution in [0.2, 0.25) is 0 Å². The van der Waals surface area contributed by atoms with Crippen molar-refractivity contribution in [3.63, 3.8) is 0 Å². The lowest BCUT2D eigenvalue weighted by atomic mass is 10.0. The number of phosphoric ester groups is 1. The number of hydrogen-bond acceptors (Lipinski definition) is 10. The van der Waals surface area contributed by atoms with Gasteiger partial charge in [-0.05, 0) is 82.8 Å². The Bertz CT molecular complexity index is 1410. The molecule has 1 rings (SSSR count). The van der Waals surface area contributed by atoms with E-state index in [9.17, 15) is 24.2 Å². The van der Waals surface area contributed by atoms with Crippen LogP contribution in [0.4, 0.5) is 0 Å². The fraction of sp³-hybridized carbons (Fsp3) is 0.644. The minimum atomic E-state index is -4.42. The third-order valence-corrected chi connectivity index (χ3v) is 10.2. The fourth-order valence-electron chi connectivity index (χ4n) is 5.80. The highest BCUT2D eigenvalue weighted by Crippen LogP contribution is 2.43. The predicted octanol–water partition coefficient (Wildman–Crippen LogP) is 10.3. The number of aryl methyl sites for hydroxylation is 2. The topological polar surface area (TPSA) is 168 Å². The van der Waals surface area contributed by atoms with Gasteiger partial charge in [0.05, 0.1) is 19.3 Å². The molecule has 1 heterocycles. The Balaban J connectivity index is 2.32. The number of esters is 2. The first-order valence-corrected chi connectivity index (χ1v) is 22.7. The van der Waals surface area contributed by atoms with Gasteiger partial charge in [-0.3, -0.25) is 18.6 Å². The molecule has 3 atom stereocenters. The maximum atomic E-state index is 12.6. The van der Waals surface area contributed by atoms with Gasteiger partial charge in [0.2, 0.25) is 0 Å². The Morgan fingerprint density at radius 1 is 0.754 bits per heavy atom. The summed E-state index contributed by atoms with van der Waals surface area (Å²) in [4.78, 5) is 34.9. The van der Waals surface area contributed by atoms with Crippen molar-refractivity contribution in [3.05, 3.63) is 83.4 Å². The average molecular weight is 820 g/mol. The molecule has 0 aliphatic carbocycles. The van der Waals surface area contributed by atoms with E-state index >= 15 is 0 Å². The molecule has 0 radical (unpaired) electrons. The van der Waals surface area contributed by atoms with Crippen molar-refractivity contribution in [2.24, 2.45) is 5.73 Å². The lowest BCUT2D eigenvalue weighted by Crippen LogP contribution is -2.29. The molecule has 12 heteroatoms. The normalized spacial score (nSPS) is 14.4. The van der Waals surface area contributed by atoms with Crippen molar-refractivity contribution in [2.75, 3.05) is 26.4 Å². The number of aliphatic hydroxyl groups is 1. The molecule has 0 aliphatic heterocycles. The number of furan rings is 1. The molecule has 0 fully saturated rings. The van der Waals surface area contributed by atoms with Crippen LogP contribution in [0.5, 0.6) is 0 Å². The highest BCUT2D eigenvalue weighted by molar-refractivity contribution is 7.47. The van der Waals surface area contributed by atoms with Gasteiger partial charge in [0.15, 0.2) is 6.10 Å². The number of phosphoric acid groups is 1. The summed E-state index contributed by atoms with van der Waals surface area (Å²) in [6.07, 6.45) is 34.2. The number of unbranched alkanes of at least 4 members (excludes halogenated alkanes) is 8. The molecule has 57 heavy (non-hydrogen) atoms. The van der Waals surface area contributed by atoms with Crippen molar-refractivity contribution < 1.29 is 47.1 Å². The van der Waals surface area contributed by atoms with Crippen LogP contribution in [0, 0.1) is 13.8 Å². The Labute approximate surface area is 343 Å². The monoisotopic (exact) mass is 820 g/mol. The van der Waals surface area contributed by atoms with Crippen molar-refractivity contribution in [1.82, 2.24) is 0 Å². The maximum Gasteiger partial charge on any atom is 0.472 e. The number of nitrogens with two attached hydrogens (primary N) is 1. The SMILES string of the molecule is CC/C=C\C/C=C\CC(O)/C=C/C=C\C/C=C\CCCC(=O)OC[C@H](COP(=O)(O)OCCN)OC(=O)CCCCCCCCCCc1oc(CCC)c(C)c1C. The zero-order valence-electron chi connectivity index (χ0n) is 35.4. The third-order valence-electron chi connectivity index (χ3n) is 9.17. The minimum Gasteiger partial charge on any atom is -0.466 e. The maximum absolute atomic E-state index is 12.6. The highest BCUT2D eigenvalue weighted by atomic mass is 31.2. The summed E-state index contributed by atoms with van der Waals surface area (Å²) in [7, 11) is -4.42. The van der Waals surface area contributed by atoms with E-state index in [2.05, 4.69) is 39.8 Å². The van der Waals surface area contributed by atoms with E-state index in [1.807, 2.05) is 42.5 Å². The number of hydrogen-bond donors (Lipinski definition) is 3. The van der Waals surface area contributed by atoms with Crippen LogP contribution in [-0.4, -0.2) is 60.5 Å². The summed E-state index contributed by atoms with van der Waals surface area (Å²) in [6.45, 7) is 7.64. The summed E-state index contributed by atoms with van der Waals surface area (Å²) in [6, 6.07) is 0. The fourth-order valence-corrected chi connectivity index (χ4v) is 6.57. The first-order chi connectivity index (χ1) is 27.5. The molecule has 0 spiro atoms. The molecule has 0 bridgehead atoms. The summed E-state index contributed by atoms with van der Waals surface area (Å²) >= 11 is 0.